The van der Waals surface area contributed by atoms with Crippen molar-refractivity contribution in [1.82, 2.24) is 6.15 Å². The van der Waals surface area contributed by atoms with Gasteiger partial charge in [-0.25, -0.2) is 0 Å². The Morgan fingerprint density at radius 2 is 2.00 bits per heavy atom. The van der Waals surface area contributed by atoms with Gasteiger partial charge in [0.05, 0.1) is 6.04 Å². The Bertz CT molecular complexity index is 71.2. The molecule has 5 N–H and O–H groups in total. The van der Waals surface area contributed by atoms with Gasteiger partial charge in [-0.05, 0) is 0 Å². The average Bonchev–Trinajstić information content (AvgIpc) is 1.79. The third kappa shape index (κ3) is 0.771. The van der Waals surface area contributed by atoms with Gasteiger partial charge in [0, 0.05) is 6.42 Å². The molecule has 0 heterocycles. The molecule has 0 aliphatic heterocycles. The smallest absolute Gasteiger partial charge is 0.151 e. The third-order valence-corrected chi connectivity index (χ3v) is 0.675. The van der Waals surface area contributed by atoms with Crippen LogP contribution in [0.2, 0.25) is 0 Å². The molecular formula is C3H8N2O. The lowest BCUT2D eigenvalue weighted by atomic mass is 10.8. The fourth-order valence-corrected chi connectivity index (χ4v) is 0.158. The molecule has 0 radical (unpaired) electrons. The molecule has 0 bridgehead atoms. The maximum Gasteiger partial charge on any atom is 0.151 e. The molecule has 3 nitrogen and oxygen atoms in total. The fourth-order valence-electron chi connectivity index (χ4n) is 0.158. The van der Waals surface area contributed by atoms with Crippen LogP contribution in [0.3, 0.4) is 0 Å². The van der Waals surface area contributed by atoms with E-state index < -0.39 is 0 Å². The standard InChI is InChI=1S/C3H5NO.H3N/c4-2-1-3(2)5;/h2H,1,4H2;1H3. The van der Waals surface area contributed by atoms with E-state index in [1.54, 1.807) is 0 Å². The Kier molecular flexibility index (Phi) is 1.27. The highest BCUT2D eigenvalue weighted by Gasteiger charge is 2.29. The monoisotopic (exact) mass is 88.1 g/mol. The number of ketones is 1. The van der Waals surface area contributed by atoms with Crippen LogP contribution in [0, 0.1) is 0 Å². The maximum atomic E-state index is 9.76. The SMILES string of the molecule is N.NC1CC1=O. The second-order valence-corrected chi connectivity index (χ2v) is 1.28. The van der Waals surface area contributed by atoms with E-state index in [0.29, 0.717) is 6.42 Å². The molecule has 3 heteroatoms. The first-order valence-corrected chi connectivity index (χ1v) is 1.59. The van der Waals surface area contributed by atoms with Crippen molar-refractivity contribution in [2.45, 2.75) is 12.5 Å². The molecule has 0 saturated heterocycles. The Labute approximate surface area is 36.1 Å². The molecule has 1 unspecified atom stereocenters. The number of hydrogen-bond acceptors (Lipinski definition) is 3. The maximum absolute atomic E-state index is 9.76. The molecule has 0 amide bonds. The second-order valence-electron chi connectivity index (χ2n) is 1.28. The van der Waals surface area contributed by atoms with Crippen molar-refractivity contribution >= 4 is 5.78 Å². The topological polar surface area (TPSA) is 78.1 Å². The first kappa shape index (κ1) is 5.59. The summed E-state index contributed by atoms with van der Waals surface area (Å²) < 4.78 is 0. The Morgan fingerprint density at radius 1 is 1.83 bits per heavy atom. The van der Waals surface area contributed by atoms with Crippen LogP contribution in [0.15, 0.2) is 0 Å². The van der Waals surface area contributed by atoms with E-state index in [9.17, 15) is 4.79 Å². The van der Waals surface area contributed by atoms with E-state index in [1.807, 2.05) is 0 Å². The zero-order chi connectivity index (χ0) is 3.86. The molecule has 0 aromatic heterocycles. The van der Waals surface area contributed by atoms with E-state index in [-0.39, 0.29) is 18.0 Å². The predicted octanol–water partition coefficient (Wildman–Crippen LogP) is -0.552. The number of nitrogens with two attached hydrogens (primary N) is 1. The molecule has 1 fully saturated rings. The summed E-state index contributed by atoms with van der Waals surface area (Å²) >= 11 is 0. The van der Waals surface area contributed by atoms with Crippen molar-refractivity contribution in [2.75, 3.05) is 0 Å². The highest BCUT2D eigenvalue weighted by atomic mass is 16.1. The number of carbonyl (C=O) groups is 1. The lowest BCUT2D eigenvalue weighted by Crippen LogP contribution is -1.99. The van der Waals surface area contributed by atoms with E-state index in [0.717, 1.165) is 0 Å². The van der Waals surface area contributed by atoms with Crippen LogP contribution in [0.25, 0.3) is 0 Å². The van der Waals surface area contributed by atoms with Crippen LogP contribution < -0.4 is 11.9 Å². The molecule has 36 valence electrons. The molecule has 1 saturated carbocycles. The third-order valence-electron chi connectivity index (χ3n) is 0.675. The van der Waals surface area contributed by atoms with Crippen molar-refractivity contribution in [3.05, 3.63) is 0 Å². The highest BCUT2D eigenvalue weighted by molar-refractivity contribution is 5.99. The fraction of sp³-hybridized carbons (Fsp3) is 0.667. The molecule has 1 rings (SSSR count). The molecule has 0 aromatic carbocycles. The summed E-state index contributed by atoms with van der Waals surface area (Å²) in [5.41, 5.74) is 5.02. The van der Waals surface area contributed by atoms with Gasteiger partial charge < -0.3 is 11.9 Å². The van der Waals surface area contributed by atoms with Crippen molar-refractivity contribution in [3.8, 4) is 0 Å². The highest BCUT2D eigenvalue weighted by Crippen LogP contribution is 2.07. The second kappa shape index (κ2) is 1.36. The van der Waals surface area contributed by atoms with Crippen molar-refractivity contribution in [3.63, 3.8) is 0 Å². The van der Waals surface area contributed by atoms with Crippen LogP contribution >= 0.6 is 0 Å². The zero-order valence-corrected chi connectivity index (χ0v) is 3.48. The van der Waals surface area contributed by atoms with Crippen LogP contribution in [-0.4, -0.2) is 11.8 Å². The average molecular weight is 88.1 g/mol. The van der Waals surface area contributed by atoms with Gasteiger partial charge in [-0.2, -0.15) is 0 Å². The molecular weight excluding hydrogens is 80.0 g/mol. The largest absolute Gasteiger partial charge is 0.344 e. The summed E-state index contributed by atoms with van der Waals surface area (Å²) in [5.74, 6) is 0.199. The van der Waals surface area contributed by atoms with Crippen molar-refractivity contribution < 1.29 is 4.79 Å². The number of carbonyl (C=O) groups excluding carboxylic acids is 1. The Morgan fingerprint density at radius 3 is 2.00 bits per heavy atom. The molecule has 1 atom stereocenters. The lowest BCUT2D eigenvalue weighted by molar-refractivity contribution is -0.110. The minimum Gasteiger partial charge on any atom is -0.344 e. The first-order valence-electron chi connectivity index (χ1n) is 1.59. The zero-order valence-electron chi connectivity index (χ0n) is 3.48. The van der Waals surface area contributed by atoms with Crippen molar-refractivity contribution in [2.24, 2.45) is 5.73 Å². The number of hydrogen-bond donors (Lipinski definition) is 2. The van der Waals surface area contributed by atoms with Crippen LogP contribution in [0.4, 0.5) is 0 Å². The van der Waals surface area contributed by atoms with Gasteiger partial charge >= 0.3 is 0 Å². The van der Waals surface area contributed by atoms with Gasteiger partial charge in [0.15, 0.2) is 5.78 Å². The Balaban J connectivity index is 0.000000250. The quantitative estimate of drug-likeness (QED) is 0.417. The molecule has 1 aliphatic carbocycles. The molecule has 0 aromatic rings. The molecule has 1 aliphatic rings. The summed E-state index contributed by atoms with van der Waals surface area (Å²) in [6, 6.07) is -0.0880. The van der Waals surface area contributed by atoms with Crippen LogP contribution in [0.5, 0.6) is 0 Å². The van der Waals surface area contributed by atoms with Crippen molar-refractivity contribution in [1.29, 1.82) is 0 Å². The summed E-state index contributed by atoms with van der Waals surface area (Å²) in [7, 11) is 0. The summed E-state index contributed by atoms with van der Waals surface area (Å²) in [5, 5.41) is 0. The molecule has 0 spiro atoms. The van der Waals surface area contributed by atoms with E-state index in [2.05, 4.69) is 0 Å². The van der Waals surface area contributed by atoms with Crippen LogP contribution in [-0.2, 0) is 4.79 Å². The van der Waals surface area contributed by atoms with Gasteiger partial charge in [-0.15, -0.1) is 0 Å². The number of rotatable bonds is 0. The van der Waals surface area contributed by atoms with Crippen LogP contribution in [0.1, 0.15) is 6.42 Å². The van der Waals surface area contributed by atoms with E-state index >= 15 is 0 Å². The summed E-state index contributed by atoms with van der Waals surface area (Å²) in [4.78, 5) is 9.76. The Hall–Kier alpha value is -0.410. The predicted molar refractivity (Wildman–Crippen MR) is 22.6 cm³/mol. The van der Waals surface area contributed by atoms with Gasteiger partial charge in [0.2, 0.25) is 0 Å². The number of Topliss-reactive ketones (excluding diaryl/α,β-unsaturated/α-hetero) is 1. The van der Waals surface area contributed by atoms with Gasteiger partial charge in [-0.1, -0.05) is 0 Å². The summed E-state index contributed by atoms with van der Waals surface area (Å²) in [6.45, 7) is 0. The first-order chi connectivity index (χ1) is 2.30. The minimum atomic E-state index is -0.0880. The van der Waals surface area contributed by atoms with Gasteiger partial charge in [-0.3, -0.25) is 4.79 Å². The molecule has 6 heavy (non-hydrogen) atoms. The van der Waals surface area contributed by atoms with Gasteiger partial charge in [0.1, 0.15) is 0 Å². The summed E-state index contributed by atoms with van der Waals surface area (Å²) in [6.07, 6.45) is 0.611. The van der Waals surface area contributed by atoms with Gasteiger partial charge in [0.25, 0.3) is 0 Å². The normalized spacial score (nSPS) is 28.8. The lowest BCUT2D eigenvalue weighted by Gasteiger charge is -1.56. The minimum absolute atomic E-state index is 0. The van der Waals surface area contributed by atoms with E-state index in [4.69, 9.17) is 5.73 Å². The van der Waals surface area contributed by atoms with E-state index in [1.165, 1.54) is 0 Å².